The number of amides is 1. The van der Waals surface area contributed by atoms with Crippen LogP contribution in [0.5, 0.6) is 5.75 Å². The first-order chi connectivity index (χ1) is 11.1. The first-order valence-electron chi connectivity index (χ1n) is 7.16. The maximum absolute atomic E-state index is 12.4. The van der Waals surface area contributed by atoms with Gasteiger partial charge in [-0.15, -0.1) is 0 Å². The third-order valence-corrected chi connectivity index (χ3v) is 5.12. The number of carbonyl (C=O) groups is 1. The lowest BCUT2D eigenvalue weighted by Gasteiger charge is -2.02. The molecule has 0 radical (unpaired) electrons. The predicted octanol–water partition coefficient (Wildman–Crippen LogP) is 4.14. The molecular weight excluding hydrogens is 376 g/mol. The molecule has 0 saturated heterocycles. The molecule has 1 heterocycles. The smallest absolute Gasteiger partial charge is 0.279 e. The van der Waals surface area contributed by atoms with Gasteiger partial charge < -0.3 is 9.30 Å². The number of nitrogens with zero attached hydrogens (tertiary/aromatic N) is 2. The molecule has 4 nitrogen and oxygen atoms in total. The molecule has 0 atom stereocenters. The zero-order chi connectivity index (χ0) is 16.4. The molecule has 1 amide bonds. The molecule has 118 valence electrons. The van der Waals surface area contributed by atoms with Gasteiger partial charge in [0.2, 0.25) is 0 Å². The van der Waals surface area contributed by atoms with Crippen LogP contribution in [0.3, 0.4) is 0 Å². The lowest BCUT2D eigenvalue weighted by molar-refractivity contribution is 0.0998. The van der Waals surface area contributed by atoms with Crippen molar-refractivity contribution in [3.05, 3.63) is 57.3 Å². The van der Waals surface area contributed by atoms with Crippen molar-refractivity contribution in [1.29, 1.82) is 0 Å². The Morgan fingerprint density at radius 2 is 2.00 bits per heavy atom. The average molecular weight is 391 g/mol. The van der Waals surface area contributed by atoms with Crippen LogP contribution in [0.2, 0.25) is 0 Å². The van der Waals surface area contributed by atoms with E-state index in [0.29, 0.717) is 17.0 Å². The highest BCUT2D eigenvalue weighted by Crippen LogP contribution is 2.24. The molecular formula is C17H15BrN2O2S. The summed E-state index contributed by atoms with van der Waals surface area (Å²) in [5, 5.41) is 0. The van der Waals surface area contributed by atoms with E-state index in [2.05, 4.69) is 20.9 Å². The number of halogens is 1. The number of carbonyl (C=O) groups excluding carboxylic acids is 1. The van der Waals surface area contributed by atoms with E-state index in [-0.39, 0.29) is 5.91 Å². The standard InChI is InChI=1S/C17H15BrN2O2S/c1-3-22-12-9-7-11(8-10-12)16(21)19-17-20(2)15-13(18)5-4-6-14(15)23-17/h4-10H,3H2,1-2H3. The fourth-order valence-electron chi connectivity index (χ4n) is 2.28. The van der Waals surface area contributed by atoms with Crippen molar-refractivity contribution in [1.82, 2.24) is 4.57 Å². The topological polar surface area (TPSA) is 43.6 Å². The van der Waals surface area contributed by atoms with E-state index in [9.17, 15) is 4.79 Å². The van der Waals surface area contributed by atoms with Gasteiger partial charge in [-0.2, -0.15) is 4.99 Å². The van der Waals surface area contributed by atoms with Gasteiger partial charge in [0.05, 0.1) is 16.8 Å². The van der Waals surface area contributed by atoms with Crippen molar-refractivity contribution in [3.8, 4) is 5.75 Å². The molecule has 0 bridgehead atoms. The Hall–Kier alpha value is -1.92. The van der Waals surface area contributed by atoms with Crippen LogP contribution in [0, 0.1) is 0 Å². The number of benzene rings is 2. The zero-order valence-corrected chi connectivity index (χ0v) is 15.1. The number of hydrogen-bond donors (Lipinski definition) is 0. The molecule has 1 aromatic heterocycles. The molecule has 2 aromatic carbocycles. The number of thiazole rings is 1. The van der Waals surface area contributed by atoms with Crippen molar-refractivity contribution in [2.45, 2.75) is 6.92 Å². The molecule has 3 rings (SSSR count). The van der Waals surface area contributed by atoms with Gasteiger partial charge in [-0.3, -0.25) is 4.79 Å². The van der Waals surface area contributed by atoms with Crippen molar-refractivity contribution in [3.63, 3.8) is 0 Å². The molecule has 0 aliphatic carbocycles. The summed E-state index contributed by atoms with van der Waals surface area (Å²) in [6.07, 6.45) is 0. The van der Waals surface area contributed by atoms with Crippen LogP contribution < -0.4 is 9.54 Å². The molecule has 6 heteroatoms. The molecule has 0 saturated carbocycles. The lowest BCUT2D eigenvalue weighted by atomic mass is 10.2. The Labute approximate surface area is 146 Å². The van der Waals surface area contributed by atoms with Crippen molar-refractivity contribution < 1.29 is 9.53 Å². The van der Waals surface area contributed by atoms with Gasteiger partial charge in [0.15, 0.2) is 4.80 Å². The average Bonchev–Trinajstić information content (AvgIpc) is 2.86. The normalized spacial score (nSPS) is 11.9. The molecule has 0 N–H and O–H groups in total. The number of rotatable bonds is 3. The Morgan fingerprint density at radius 3 is 2.65 bits per heavy atom. The summed E-state index contributed by atoms with van der Waals surface area (Å²) in [5.41, 5.74) is 1.58. The van der Waals surface area contributed by atoms with Crippen molar-refractivity contribution >= 4 is 43.4 Å². The second-order valence-corrected chi connectivity index (χ2v) is 6.77. The minimum Gasteiger partial charge on any atom is -0.494 e. The number of fused-ring (bicyclic) bond motifs is 1. The molecule has 0 aliphatic rings. The van der Waals surface area contributed by atoms with Gasteiger partial charge in [0, 0.05) is 17.1 Å². The van der Waals surface area contributed by atoms with Crippen LogP contribution in [0.15, 0.2) is 51.9 Å². The van der Waals surface area contributed by atoms with Crippen LogP contribution in [0.25, 0.3) is 10.2 Å². The third-order valence-electron chi connectivity index (χ3n) is 3.38. The fraction of sp³-hybridized carbons (Fsp3) is 0.176. The summed E-state index contributed by atoms with van der Waals surface area (Å²) in [5.74, 6) is 0.492. The third kappa shape index (κ3) is 3.23. The van der Waals surface area contributed by atoms with E-state index in [1.165, 1.54) is 11.3 Å². The second-order valence-electron chi connectivity index (χ2n) is 4.90. The SMILES string of the molecule is CCOc1ccc(C(=O)N=c2sc3cccc(Br)c3n2C)cc1. The Morgan fingerprint density at radius 1 is 1.26 bits per heavy atom. The molecule has 0 spiro atoms. The zero-order valence-electron chi connectivity index (χ0n) is 12.7. The number of ether oxygens (including phenoxy) is 1. The minimum atomic E-state index is -0.258. The summed E-state index contributed by atoms with van der Waals surface area (Å²) in [4.78, 5) is 17.3. The first-order valence-corrected chi connectivity index (χ1v) is 8.77. The highest BCUT2D eigenvalue weighted by molar-refractivity contribution is 9.10. The fourth-order valence-corrected chi connectivity index (χ4v) is 4.08. The highest BCUT2D eigenvalue weighted by atomic mass is 79.9. The van der Waals surface area contributed by atoms with Gasteiger partial charge in [-0.25, -0.2) is 0 Å². The van der Waals surface area contributed by atoms with E-state index in [1.807, 2.05) is 36.7 Å². The summed E-state index contributed by atoms with van der Waals surface area (Å²) >= 11 is 5.03. The Kier molecular flexibility index (Phi) is 4.63. The van der Waals surface area contributed by atoms with Crippen LogP contribution in [-0.2, 0) is 7.05 Å². The molecule has 0 unspecified atom stereocenters. The van der Waals surface area contributed by atoms with E-state index >= 15 is 0 Å². The maximum Gasteiger partial charge on any atom is 0.279 e. The highest BCUT2D eigenvalue weighted by Gasteiger charge is 2.09. The van der Waals surface area contributed by atoms with Gasteiger partial charge >= 0.3 is 0 Å². The van der Waals surface area contributed by atoms with Gasteiger partial charge in [-0.1, -0.05) is 17.4 Å². The lowest BCUT2D eigenvalue weighted by Crippen LogP contribution is -2.13. The van der Waals surface area contributed by atoms with E-state index in [4.69, 9.17) is 4.74 Å². The van der Waals surface area contributed by atoms with Crippen molar-refractivity contribution in [2.75, 3.05) is 6.61 Å². The second kappa shape index (κ2) is 6.68. The number of aromatic nitrogens is 1. The van der Waals surface area contributed by atoms with Crippen LogP contribution in [0.4, 0.5) is 0 Å². The van der Waals surface area contributed by atoms with E-state index < -0.39 is 0 Å². The number of para-hydroxylation sites is 1. The quantitative estimate of drug-likeness (QED) is 0.674. The molecule has 3 aromatic rings. The summed E-state index contributed by atoms with van der Waals surface area (Å²) in [6.45, 7) is 2.53. The maximum atomic E-state index is 12.4. The van der Waals surface area contributed by atoms with E-state index in [0.717, 1.165) is 20.4 Å². The summed E-state index contributed by atoms with van der Waals surface area (Å²) < 4.78 is 9.38. The van der Waals surface area contributed by atoms with E-state index in [1.54, 1.807) is 24.3 Å². The van der Waals surface area contributed by atoms with Gasteiger partial charge in [-0.05, 0) is 59.3 Å². The van der Waals surface area contributed by atoms with Crippen LogP contribution >= 0.6 is 27.3 Å². The van der Waals surface area contributed by atoms with Crippen LogP contribution in [0.1, 0.15) is 17.3 Å². The first kappa shape index (κ1) is 16.0. The predicted molar refractivity (Wildman–Crippen MR) is 96.0 cm³/mol. The molecule has 23 heavy (non-hydrogen) atoms. The van der Waals surface area contributed by atoms with Crippen molar-refractivity contribution in [2.24, 2.45) is 12.0 Å². The summed E-state index contributed by atoms with van der Waals surface area (Å²) in [7, 11) is 1.91. The monoisotopic (exact) mass is 390 g/mol. The summed E-state index contributed by atoms with van der Waals surface area (Å²) in [6, 6.07) is 13.0. The number of aryl methyl sites for hydroxylation is 1. The minimum absolute atomic E-state index is 0.258. The Bertz CT molecular complexity index is 926. The van der Waals surface area contributed by atoms with Crippen LogP contribution in [-0.4, -0.2) is 17.1 Å². The number of hydrogen-bond acceptors (Lipinski definition) is 3. The Balaban J connectivity index is 1.99. The molecule has 0 fully saturated rings. The van der Waals surface area contributed by atoms with Gasteiger partial charge in [0.25, 0.3) is 5.91 Å². The largest absolute Gasteiger partial charge is 0.494 e. The molecule has 0 aliphatic heterocycles. The van der Waals surface area contributed by atoms with Gasteiger partial charge in [0.1, 0.15) is 5.75 Å².